The molecule has 0 spiro atoms. The predicted octanol–water partition coefficient (Wildman–Crippen LogP) is 3.47. The van der Waals surface area contributed by atoms with Crippen LogP contribution in [-0.4, -0.2) is 5.11 Å². The van der Waals surface area contributed by atoms with Crippen molar-refractivity contribution in [1.82, 2.24) is 0 Å². The van der Waals surface area contributed by atoms with Gasteiger partial charge in [-0.2, -0.15) is 0 Å². The molecule has 0 amide bonds. The summed E-state index contributed by atoms with van der Waals surface area (Å²) in [6.07, 6.45) is 0. The Hall–Kier alpha value is -2.55. The Morgan fingerprint density at radius 1 is 1.00 bits per heavy atom. The van der Waals surface area contributed by atoms with E-state index in [4.69, 9.17) is 4.42 Å². The van der Waals surface area contributed by atoms with Gasteiger partial charge < -0.3 is 9.52 Å². The molecule has 0 aliphatic rings. The largest absolute Gasteiger partial charge is 0.502 e. The van der Waals surface area contributed by atoms with Crippen molar-refractivity contribution < 1.29 is 9.52 Å². The van der Waals surface area contributed by atoms with Gasteiger partial charge in [-0.3, -0.25) is 4.79 Å². The third kappa shape index (κ3) is 1.80. The zero-order valence-electron chi connectivity index (χ0n) is 10.4. The summed E-state index contributed by atoms with van der Waals surface area (Å²) in [6.45, 7) is 1.91. The fraction of sp³-hybridized carbons (Fsp3) is 0.0625. The quantitative estimate of drug-likeness (QED) is 0.721. The lowest BCUT2D eigenvalue weighted by atomic mass is 10.0. The maximum atomic E-state index is 12.1. The van der Waals surface area contributed by atoms with Crippen LogP contribution < -0.4 is 5.43 Å². The highest BCUT2D eigenvalue weighted by atomic mass is 16.4. The minimum Gasteiger partial charge on any atom is -0.502 e. The molecular weight excluding hydrogens is 240 g/mol. The third-order valence-electron chi connectivity index (χ3n) is 3.16. The van der Waals surface area contributed by atoms with Crippen molar-refractivity contribution in [3.05, 3.63) is 64.3 Å². The van der Waals surface area contributed by atoms with Gasteiger partial charge in [0.2, 0.25) is 11.2 Å². The summed E-state index contributed by atoms with van der Waals surface area (Å²) in [6, 6.07) is 14.4. The van der Waals surface area contributed by atoms with E-state index in [1.54, 1.807) is 24.3 Å². The van der Waals surface area contributed by atoms with Crippen LogP contribution in [0.3, 0.4) is 0 Å². The van der Waals surface area contributed by atoms with E-state index >= 15 is 0 Å². The van der Waals surface area contributed by atoms with Crippen LogP contribution in [0.15, 0.2) is 57.7 Å². The van der Waals surface area contributed by atoms with Gasteiger partial charge in [-0.05, 0) is 24.6 Å². The van der Waals surface area contributed by atoms with Crippen molar-refractivity contribution in [2.24, 2.45) is 0 Å². The van der Waals surface area contributed by atoms with E-state index in [1.165, 1.54) is 0 Å². The highest BCUT2D eigenvalue weighted by Gasteiger charge is 2.15. The lowest BCUT2D eigenvalue weighted by molar-refractivity contribution is 0.449. The molecule has 3 heteroatoms. The summed E-state index contributed by atoms with van der Waals surface area (Å²) >= 11 is 0. The second kappa shape index (κ2) is 4.28. The van der Waals surface area contributed by atoms with Crippen LogP contribution in [0.2, 0.25) is 0 Å². The van der Waals surface area contributed by atoms with Crippen molar-refractivity contribution >= 4 is 11.0 Å². The Labute approximate surface area is 109 Å². The van der Waals surface area contributed by atoms with E-state index < -0.39 is 5.43 Å². The van der Waals surface area contributed by atoms with Crippen LogP contribution in [0.25, 0.3) is 22.3 Å². The molecule has 3 rings (SSSR count). The van der Waals surface area contributed by atoms with Gasteiger partial charge in [-0.1, -0.05) is 36.4 Å². The summed E-state index contributed by atoms with van der Waals surface area (Å²) in [7, 11) is 0. The molecule has 19 heavy (non-hydrogen) atoms. The SMILES string of the molecule is Cc1ccccc1-c1oc2ccccc2c(=O)c1O. The molecule has 0 bridgehead atoms. The van der Waals surface area contributed by atoms with Crippen molar-refractivity contribution in [1.29, 1.82) is 0 Å². The molecule has 0 radical (unpaired) electrons. The molecule has 0 saturated carbocycles. The summed E-state index contributed by atoms with van der Waals surface area (Å²) in [5, 5.41) is 10.5. The minimum atomic E-state index is -0.403. The van der Waals surface area contributed by atoms with Crippen LogP contribution >= 0.6 is 0 Å². The van der Waals surface area contributed by atoms with E-state index in [-0.39, 0.29) is 11.5 Å². The maximum absolute atomic E-state index is 12.1. The highest BCUT2D eigenvalue weighted by molar-refractivity contribution is 5.82. The zero-order valence-corrected chi connectivity index (χ0v) is 10.4. The number of aromatic hydroxyl groups is 1. The molecule has 0 saturated heterocycles. The first kappa shape index (κ1) is 11.5. The van der Waals surface area contributed by atoms with Gasteiger partial charge in [-0.25, -0.2) is 0 Å². The van der Waals surface area contributed by atoms with E-state index in [2.05, 4.69) is 0 Å². The second-order valence-corrected chi connectivity index (χ2v) is 4.42. The number of hydrogen-bond acceptors (Lipinski definition) is 3. The number of fused-ring (bicyclic) bond motifs is 1. The first-order valence-electron chi connectivity index (χ1n) is 5.99. The molecule has 0 aliphatic heterocycles. The van der Waals surface area contributed by atoms with Crippen LogP contribution in [0, 0.1) is 6.92 Å². The van der Waals surface area contributed by atoms with E-state index in [1.807, 2.05) is 31.2 Å². The van der Waals surface area contributed by atoms with Gasteiger partial charge in [-0.15, -0.1) is 0 Å². The molecule has 2 aromatic carbocycles. The summed E-state index contributed by atoms with van der Waals surface area (Å²) in [5.74, 6) is -0.116. The van der Waals surface area contributed by atoms with E-state index in [0.29, 0.717) is 11.0 Å². The van der Waals surface area contributed by atoms with Gasteiger partial charge in [0.05, 0.1) is 5.39 Å². The van der Waals surface area contributed by atoms with Crippen LogP contribution in [0.5, 0.6) is 5.75 Å². The number of aryl methyl sites for hydroxylation is 1. The topological polar surface area (TPSA) is 50.4 Å². The first-order chi connectivity index (χ1) is 9.18. The third-order valence-corrected chi connectivity index (χ3v) is 3.16. The minimum absolute atomic E-state index is 0.224. The van der Waals surface area contributed by atoms with Crippen molar-refractivity contribution in [3.8, 4) is 17.1 Å². The fourth-order valence-electron chi connectivity index (χ4n) is 2.14. The fourth-order valence-corrected chi connectivity index (χ4v) is 2.14. The molecule has 94 valence electrons. The summed E-state index contributed by atoms with van der Waals surface area (Å²) in [5.41, 5.74) is 1.74. The predicted molar refractivity (Wildman–Crippen MR) is 74.3 cm³/mol. The maximum Gasteiger partial charge on any atom is 0.235 e. The molecule has 3 aromatic rings. The normalized spacial score (nSPS) is 10.8. The van der Waals surface area contributed by atoms with Gasteiger partial charge >= 0.3 is 0 Å². The molecule has 0 fully saturated rings. The zero-order chi connectivity index (χ0) is 13.4. The average Bonchev–Trinajstić information content (AvgIpc) is 2.44. The molecule has 1 N–H and O–H groups in total. The molecule has 1 heterocycles. The number of hydrogen-bond donors (Lipinski definition) is 1. The molecule has 0 aliphatic carbocycles. The standard InChI is InChI=1S/C16H12O3/c1-10-6-2-3-7-11(10)16-15(18)14(17)12-8-4-5-9-13(12)19-16/h2-9,18H,1H3. The van der Waals surface area contributed by atoms with Gasteiger partial charge in [0, 0.05) is 5.56 Å². The van der Waals surface area contributed by atoms with Crippen molar-refractivity contribution in [2.75, 3.05) is 0 Å². The lowest BCUT2D eigenvalue weighted by Crippen LogP contribution is -2.02. The van der Waals surface area contributed by atoms with Crippen LogP contribution in [-0.2, 0) is 0 Å². The van der Waals surface area contributed by atoms with Crippen molar-refractivity contribution in [3.63, 3.8) is 0 Å². The van der Waals surface area contributed by atoms with Crippen LogP contribution in [0.1, 0.15) is 5.56 Å². The Balaban J connectivity index is 2.40. The summed E-state index contributed by atoms with van der Waals surface area (Å²) < 4.78 is 5.69. The van der Waals surface area contributed by atoms with E-state index in [9.17, 15) is 9.90 Å². The first-order valence-corrected chi connectivity index (χ1v) is 5.99. The smallest absolute Gasteiger partial charge is 0.235 e. The Bertz CT molecular complexity index is 816. The molecule has 3 nitrogen and oxygen atoms in total. The number of benzene rings is 2. The highest BCUT2D eigenvalue weighted by Crippen LogP contribution is 2.31. The Morgan fingerprint density at radius 3 is 2.47 bits per heavy atom. The number of rotatable bonds is 1. The van der Waals surface area contributed by atoms with Gasteiger partial charge in [0.1, 0.15) is 5.58 Å². The Morgan fingerprint density at radius 2 is 1.68 bits per heavy atom. The van der Waals surface area contributed by atoms with E-state index in [0.717, 1.165) is 11.1 Å². The Kier molecular flexibility index (Phi) is 2.60. The monoisotopic (exact) mass is 252 g/mol. The average molecular weight is 252 g/mol. The van der Waals surface area contributed by atoms with Crippen LogP contribution in [0.4, 0.5) is 0 Å². The second-order valence-electron chi connectivity index (χ2n) is 4.42. The molecular formula is C16H12O3. The molecule has 1 aromatic heterocycles. The van der Waals surface area contributed by atoms with Gasteiger partial charge in [0.15, 0.2) is 5.76 Å². The molecule has 0 atom stereocenters. The molecule has 0 unspecified atom stereocenters. The lowest BCUT2D eigenvalue weighted by Gasteiger charge is -2.08. The van der Waals surface area contributed by atoms with Crippen molar-refractivity contribution in [2.45, 2.75) is 6.92 Å². The number of para-hydroxylation sites is 1. The van der Waals surface area contributed by atoms with Gasteiger partial charge in [0.25, 0.3) is 0 Å². The summed E-state index contributed by atoms with van der Waals surface area (Å²) in [4.78, 5) is 12.1.